The Hall–Kier alpha value is -0.610. The standard InChI is InChI=1S/C11H19NO3/c13-9(8-4-5-8)7-12-11(14)10-3-1-2-6-15-10/h8-10,13H,1-7H2,(H,12,14). The van der Waals surface area contributed by atoms with Gasteiger partial charge in [-0.3, -0.25) is 4.79 Å². The number of hydrogen-bond acceptors (Lipinski definition) is 3. The number of carbonyl (C=O) groups excluding carboxylic acids is 1. The molecule has 0 aromatic heterocycles. The third kappa shape index (κ3) is 3.18. The molecule has 0 radical (unpaired) electrons. The number of hydrogen-bond donors (Lipinski definition) is 2. The van der Waals surface area contributed by atoms with Crippen LogP contribution in [0.2, 0.25) is 0 Å². The fraction of sp³-hybridized carbons (Fsp3) is 0.909. The summed E-state index contributed by atoms with van der Waals surface area (Å²) >= 11 is 0. The van der Waals surface area contributed by atoms with E-state index in [1.165, 1.54) is 0 Å². The summed E-state index contributed by atoms with van der Waals surface area (Å²) < 4.78 is 5.35. The highest BCUT2D eigenvalue weighted by Crippen LogP contribution is 2.32. The van der Waals surface area contributed by atoms with Gasteiger partial charge in [-0.1, -0.05) is 0 Å². The Morgan fingerprint density at radius 1 is 1.40 bits per heavy atom. The normalized spacial score (nSPS) is 28.5. The predicted octanol–water partition coefficient (Wildman–Crippen LogP) is 0.443. The number of carbonyl (C=O) groups is 1. The van der Waals surface area contributed by atoms with E-state index in [0.29, 0.717) is 19.1 Å². The second kappa shape index (κ2) is 4.94. The maximum Gasteiger partial charge on any atom is 0.249 e. The van der Waals surface area contributed by atoms with E-state index in [9.17, 15) is 9.90 Å². The fourth-order valence-electron chi connectivity index (χ4n) is 1.91. The van der Waals surface area contributed by atoms with E-state index in [-0.39, 0.29) is 18.1 Å². The smallest absolute Gasteiger partial charge is 0.249 e. The van der Waals surface area contributed by atoms with Crippen LogP contribution in [0.15, 0.2) is 0 Å². The number of aliphatic hydroxyl groups excluding tert-OH is 1. The average Bonchev–Trinajstić information content (AvgIpc) is 3.10. The van der Waals surface area contributed by atoms with Gasteiger partial charge < -0.3 is 15.2 Å². The van der Waals surface area contributed by atoms with Crippen molar-refractivity contribution in [1.29, 1.82) is 0 Å². The summed E-state index contributed by atoms with van der Waals surface area (Å²) in [7, 11) is 0. The van der Waals surface area contributed by atoms with E-state index in [1.807, 2.05) is 0 Å². The molecule has 0 aromatic rings. The molecule has 0 bridgehead atoms. The molecule has 2 atom stereocenters. The minimum atomic E-state index is -0.363. The summed E-state index contributed by atoms with van der Waals surface area (Å²) in [5.41, 5.74) is 0. The van der Waals surface area contributed by atoms with Gasteiger partial charge in [0.1, 0.15) is 6.10 Å². The van der Waals surface area contributed by atoms with Crippen LogP contribution in [0, 0.1) is 5.92 Å². The van der Waals surface area contributed by atoms with Gasteiger partial charge in [0.15, 0.2) is 0 Å². The number of aliphatic hydroxyl groups is 1. The van der Waals surface area contributed by atoms with Crippen LogP contribution in [-0.4, -0.2) is 36.4 Å². The van der Waals surface area contributed by atoms with Gasteiger partial charge in [0.05, 0.1) is 6.10 Å². The van der Waals surface area contributed by atoms with Crippen molar-refractivity contribution in [1.82, 2.24) is 5.32 Å². The Kier molecular flexibility index (Phi) is 3.59. The van der Waals surface area contributed by atoms with Crippen LogP contribution < -0.4 is 5.32 Å². The van der Waals surface area contributed by atoms with Gasteiger partial charge in [0, 0.05) is 13.2 Å². The van der Waals surface area contributed by atoms with Crippen molar-refractivity contribution < 1.29 is 14.6 Å². The molecule has 0 aromatic carbocycles. The van der Waals surface area contributed by atoms with E-state index < -0.39 is 0 Å². The largest absolute Gasteiger partial charge is 0.391 e. The lowest BCUT2D eigenvalue weighted by Gasteiger charge is -2.22. The average molecular weight is 213 g/mol. The van der Waals surface area contributed by atoms with Gasteiger partial charge in [-0.25, -0.2) is 0 Å². The van der Waals surface area contributed by atoms with E-state index in [4.69, 9.17) is 4.74 Å². The Balaban J connectivity index is 1.66. The zero-order valence-corrected chi connectivity index (χ0v) is 8.95. The summed E-state index contributed by atoms with van der Waals surface area (Å²) in [4.78, 5) is 11.6. The third-order valence-electron chi connectivity index (χ3n) is 3.12. The van der Waals surface area contributed by atoms with Crippen molar-refractivity contribution >= 4 is 5.91 Å². The Labute approximate surface area is 90.0 Å². The monoisotopic (exact) mass is 213 g/mol. The highest BCUT2D eigenvalue weighted by Gasteiger charge is 2.30. The number of amides is 1. The highest BCUT2D eigenvalue weighted by atomic mass is 16.5. The molecule has 2 rings (SSSR count). The van der Waals surface area contributed by atoms with Gasteiger partial charge >= 0.3 is 0 Å². The summed E-state index contributed by atoms with van der Waals surface area (Å²) in [6.45, 7) is 1.06. The van der Waals surface area contributed by atoms with E-state index >= 15 is 0 Å². The molecule has 1 aliphatic heterocycles. The summed E-state index contributed by atoms with van der Waals surface area (Å²) in [5.74, 6) is 0.354. The molecule has 2 aliphatic rings. The fourth-order valence-corrected chi connectivity index (χ4v) is 1.91. The quantitative estimate of drug-likeness (QED) is 0.712. The Morgan fingerprint density at radius 2 is 2.20 bits per heavy atom. The zero-order chi connectivity index (χ0) is 10.7. The van der Waals surface area contributed by atoms with Crippen molar-refractivity contribution in [3.05, 3.63) is 0 Å². The van der Waals surface area contributed by atoms with Gasteiger partial charge in [-0.2, -0.15) is 0 Å². The first kappa shape index (κ1) is 10.9. The van der Waals surface area contributed by atoms with Crippen molar-refractivity contribution in [3.63, 3.8) is 0 Å². The lowest BCUT2D eigenvalue weighted by Crippen LogP contribution is -2.42. The highest BCUT2D eigenvalue weighted by molar-refractivity contribution is 5.80. The molecule has 1 heterocycles. The lowest BCUT2D eigenvalue weighted by atomic mass is 10.1. The molecule has 4 nitrogen and oxygen atoms in total. The van der Waals surface area contributed by atoms with E-state index in [0.717, 1.165) is 32.1 Å². The predicted molar refractivity (Wildman–Crippen MR) is 55.3 cm³/mol. The van der Waals surface area contributed by atoms with Crippen LogP contribution in [0.3, 0.4) is 0 Å². The molecule has 0 spiro atoms. The van der Waals surface area contributed by atoms with E-state index in [1.54, 1.807) is 0 Å². The van der Waals surface area contributed by atoms with Gasteiger partial charge in [0.25, 0.3) is 0 Å². The third-order valence-corrected chi connectivity index (χ3v) is 3.12. The lowest BCUT2D eigenvalue weighted by molar-refractivity contribution is -0.135. The van der Waals surface area contributed by atoms with Crippen LogP contribution in [-0.2, 0) is 9.53 Å². The van der Waals surface area contributed by atoms with Crippen molar-refractivity contribution in [2.24, 2.45) is 5.92 Å². The first-order valence-corrected chi connectivity index (χ1v) is 5.85. The molecule has 86 valence electrons. The SMILES string of the molecule is O=C(NCC(O)C1CC1)C1CCCCO1. The van der Waals surface area contributed by atoms with Crippen molar-refractivity contribution in [2.75, 3.05) is 13.2 Å². The number of nitrogens with one attached hydrogen (secondary N) is 1. The van der Waals surface area contributed by atoms with Gasteiger partial charge in [-0.15, -0.1) is 0 Å². The van der Waals surface area contributed by atoms with Crippen molar-refractivity contribution in [2.45, 2.75) is 44.3 Å². The molecule has 2 fully saturated rings. The summed E-state index contributed by atoms with van der Waals surface area (Å²) in [6, 6.07) is 0. The zero-order valence-electron chi connectivity index (χ0n) is 8.95. The maximum atomic E-state index is 11.6. The molecular weight excluding hydrogens is 194 g/mol. The molecule has 1 saturated heterocycles. The topological polar surface area (TPSA) is 58.6 Å². The molecule has 2 unspecified atom stereocenters. The second-order valence-electron chi connectivity index (χ2n) is 4.51. The molecule has 15 heavy (non-hydrogen) atoms. The minimum absolute atomic E-state index is 0.0607. The molecule has 2 N–H and O–H groups in total. The van der Waals surface area contributed by atoms with Gasteiger partial charge in [-0.05, 0) is 38.0 Å². The Bertz CT molecular complexity index is 222. The second-order valence-corrected chi connectivity index (χ2v) is 4.51. The molecule has 1 aliphatic carbocycles. The number of rotatable bonds is 4. The number of ether oxygens (including phenoxy) is 1. The minimum Gasteiger partial charge on any atom is -0.391 e. The summed E-state index contributed by atoms with van der Waals surface area (Å²) in [5, 5.41) is 12.3. The van der Waals surface area contributed by atoms with Gasteiger partial charge in [0.2, 0.25) is 5.91 Å². The van der Waals surface area contributed by atoms with Crippen LogP contribution in [0.5, 0.6) is 0 Å². The molecule has 1 saturated carbocycles. The summed E-state index contributed by atoms with van der Waals surface area (Å²) in [6.07, 6.45) is 4.46. The van der Waals surface area contributed by atoms with Crippen LogP contribution in [0.25, 0.3) is 0 Å². The Morgan fingerprint density at radius 3 is 2.80 bits per heavy atom. The van der Waals surface area contributed by atoms with E-state index in [2.05, 4.69) is 5.32 Å². The first-order chi connectivity index (χ1) is 7.27. The van der Waals surface area contributed by atoms with Crippen LogP contribution in [0.1, 0.15) is 32.1 Å². The van der Waals surface area contributed by atoms with Crippen LogP contribution >= 0.6 is 0 Å². The van der Waals surface area contributed by atoms with Crippen molar-refractivity contribution in [3.8, 4) is 0 Å². The van der Waals surface area contributed by atoms with Crippen LogP contribution in [0.4, 0.5) is 0 Å². The maximum absolute atomic E-state index is 11.6. The molecule has 1 amide bonds. The molecule has 4 heteroatoms. The molecular formula is C11H19NO3. The first-order valence-electron chi connectivity index (χ1n) is 5.85.